The van der Waals surface area contributed by atoms with Gasteiger partial charge >= 0.3 is 7.82 Å². The van der Waals surface area contributed by atoms with Crippen molar-refractivity contribution in [1.29, 1.82) is 0 Å². The molecule has 0 aromatic rings. The number of phosphoric ester groups is 1. The molecule has 0 spiro atoms. The number of aliphatic hydroxyl groups is 3. The molecule has 8 nitrogen and oxygen atoms in total. The number of hydrogen-bond acceptors (Lipinski definition) is 6. The van der Waals surface area contributed by atoms with Gasteiger partial charge in [0, 0.05) is 0 Å². The monoisotopic (exact) mass is 278 g/mol. The highest BCUT2D eigenvalue weighted by Crippen LogP contribution is 2.35. The van der Waals surface area contributed by atoms with Gasteiger partial charge in [-0.3, -0.25) is 9.32 Å². The molecule has 5 N–H and O–H groups in total. The van der Waals surface area contributed by atoms with Crippen LogP contribution in [0.15, 0.2) is 0 Å². The van der Waals surface area contributed by atoms with Crippen molar-refractivity contribution in [2.75, 3.05) is 12.5 Å². The molecule has 96 valence electrons. The fraction of sp³-hybridized carbons (Fsp3) is 0.833. The maximum absolute atomic E-state index is 11.0. The fourth-order valence-electron chi connectivity index (χ4n) is 0.725. The van der Waals surface area contributed by atoms with Crippen LogP contribution in [0.5, 0.6) is 0 Å². The number of aliphatic hydroxyl groups excluding tert-OH is 3. The third kappa shape index (κ3) is 5.88. The fourth-order valence-corrected chi connectivity index (χ4v) is 1.20. The van der Waals surface area contributed by atoms with E-state index in [1.165, 1.54) is 0 Å². The Bertz CT molecular complexity index is 278. The van der Waals surface area contributed by atoms with E-state index in [1.807, 2.05) is 0 Å². The highest BCUT2D eigenvalue weighted by atomic mass is 35.5. The third-order valence-corrected chi connectivity index (χ3v) is 2.36. The Morgan fingerprint density at radius 3 is 2.19 bits per heavy atom. The van der Waals surface area contributed by atoms with Gasteiger partial charge in [0.15, 0.2) is 5.78 Å². The first-order chi connectivity index (χ1) is 7.19. The summed E-state index contributed by atoms with van der Waals surface area (Å²) in [6, 6.07) is 0. The summed E-state index contributed by atoms with van der Waals surface area (Å²) in [6.07, 6.45) is -5.40. The van der Waals surface area contributed by atoms with Crippen molar-refractivity contribution in [2.24, 2.45) is 0 Å². The van der Waals surface area contributed by atoms with E-state index < -0.39 is 44.4 Å². The Labute approximate surface area is 95.7 Å². The van der Waals surface area contributed by atoms with Crippen LogP contribution < -0.4 is 0 Å². The lowest BCUT2D eigenvalue weighted by Gasteiger charge is -2.20. The Balaban J connectivity index is 4.23. The van der Waals surface area contributed by atoms with E-state index in [4.69, 9.17) is 36.7 Å². The average Bonchev–Trinajstić information content (AvgIpc) is 2.21. The quantitative estimate of drug-likeness (QED) is 0.265. The minimum Gasteiger partial charge on any atom is -0.389 e. The molecule has 0 radical (unpaired) electrons. The molecule has 2 unspecified atom stereocenters. The van der Waals surface area contributed by atoms with Gasteiger partial charge in [-0.25, -0.2) is 4.57 Å². The number of alkyl halides is 1. The number of Topliss-reactive ketones (excluding diaryl/α,β-unsaturated/α-hetero) is 1. The number of rotatable bonds is 7. The molecule has 0 saturated carbocycles. The normalized spacial score (nSPS) is 17.9. The van der Waals surface area contributed by atoms with Gasteiger partial charge in [0.05, 0.1) is 12.0 Å². The maximum Gasteiger partial charge on any atom is 0.470 e. The van der Waals surface area contributed by atoms with Crippen molar-refractivity contribution in [3.05, 3.63) is 0 Å². The number of carbonyl (C=O) groups is 1. The topological polar surface area (TPSA) is 145 Å². The molecule has 10 heteroatoms. The molecule has 3 atom stereocenters. The van der Waals surface area contributed by atoms with Crippen molar-refractivity contribution in [3.8, 4) is 0 Å². The van der Waals surface area contributed by atoms with Gasteiger partial charge in [-0.05, 0) is 0 Å². The predicted octanol–water partition coefficient (Wildman–Crippen LogP) is -2.01. The summed E-state index contributed by atoms with van der Waals surface area (Å²) < 4.78 is 14.0. The zero-order valence-electron chi connectivity index (χ0n) is 7.93. The Morgan fingerprint density at radius 1 is 1.31 bits per heavy atom. The van der Waals surface area contributed by atoms with Crippen LogP contribution in [0.1, 0.15) is 0 Å². The Morgan fingerprint density at radius 2 is 1.81 bits per heavy atom. The van der Waals surface area contributed by atoms with Crippen LogP contribution in [0.2, 0.25) is 0 Å². The first-order valence-corrected chi connectivity index (χ1v) is 6.08. The summed E-state index contributed by atoms with van der Waals surface area (Å²) in [6.45, 7) is -1.09. The van der Waals surface area contributed by atoms with E-state index in [1.54, 1.807) is 0 Å². The number of phosphoric acid groups is 1. The minimum atomic E-state index is -4.82. The summed E-state index contributed by atoms with van der Waals surface area (Å²) in [4.78, 5) is 27.5. The zero-order chi connectivity index (χ0) is 12.9. The van der Waals surface area contributed by atoms with Crippen molar-refractivity contribution < 1.29 is 39.0 Å². The van der Waals surface area contributed by atoms with Gasteiger partial charge in [-0.1, -0.05) is 0 Å². The van der Waals surface area contributed by atoms with Crippen molar-refractivity contribution >= 4 is 25.2 Å². The standard InChI is InChI=1S/C6H12ClO8P/c7-1-3(8)5(10)6(11)4(9)2-15-16(12,13)14/h3,5-6,8,10-11H,1-2H2,(H2,12,13,14)/t3-,5?,6?/m0/s1. The SMILES string of the molecule is O=C(COP(=O)(O)O)C(O)C(O)[C@@H](O)CCl. The van der Waals surface area contributed by atoms with Gasteiger partial charge in [-0.2, -0.15) is 0 Å². The van der Waals surface area contributed by atoms with Gasteiger partial charge in [0.25, 0.3) is 0 Å². The molecule has 0 aliphatic heterocycles. The van der Waals surface area contributed by atoms with Crippen LogP contribution in [0, 0.1) is 0 Å². The summed E-state index contributed by atoms with van der Waals surface area (Å²) in [5.41, 5.74) is 0. The first kappa shape index (κ1) is 16.0. The molecule has 0 bridgehead atoms. The summed E-state index contributed by atoms with van der Waals surface area (Å²) in [5.74, 6) is -1.59. The van der Waals surface area contributed by atoms with Crippen LogP contribution >= 0.6 is 19.4 Å². The maximum atomic E-state index is 11.0. The third-order valence-electron chi connectivity index (χ3n) is 1.58. The molecule has 0 heterocycles. The lowest BCUT2D eigenvalue weighted by Crippen LogP contribution is -2.44. The first-order valence-electron chi connectivity index (χ1n) is 4.02. The molecule has 0 amide bonds. The van der Waals surface area contributed by atoms with Crippen LogP contribution in [0.3, 0.4) is 0 Å². The van der Waals surface area contributed by atoms with Gasteiger partial charge in [0.2, 0.25) is 0 Å². The molecule has 0 aliphatic carbocycles. The van der Waals surface area contributed by atoms with Crippen LogP contribution in [0.4, 0.5) is 0 Å². The molecule has 0 aromatic carbocycles. The second kappa shape index (κ2) is 6.63. The molecule has 0 rings (SSSR count). The number of ketones is 1. The largest absolute Gasteiger partial charge is 0.470 e. The number of hydrogen-bond donors (Lipinski definition) is 5. The van der Waals surface area contributed by atoms with E-state index in [2.05, 4.69) is 4.52 Å². The summed E-state index contributed by atoms with van der Waals surface area (Å²) in [7, 11) is -4.82. The summed E-state index contributed by atoms with van der Waals surface area (Å²) in [5, 5.41) is 27.2. The molecular weight excluding hydrogens is 266 g/mol. The molecule has 0 aliphatic rings. The van der Waals surface area contributed by atoms with Crippen LogP contribution in [-0.4, -0.2) is 61.7 Å². The van der Waals surface area contributed by atoms with E-state index in [9.17, 15) is 9.36 Å². The van der Waals surface area contributed by atoms with E-state index in [-0.39, 0.29) is 0 Å². The second-order valence-electron chi connectivity index (χ2n) is 2.89. The van der Waals surface area contributed by atoms with Crippen molar-refractivity contribution in [3.63, 3.8) is 0 Å². The Kier molecular flexibility index (Phi) is 6.61. The highest BCUT2D eigenvalue weighted by Gasteiger charge is 2.31. The van der Waals surface area contributed by atoms with Crippen LogP contribution in [-0.2, 0) is 13.9 Å². The number of halogens is 1. The summed E-state index contributed by atoms with van der Waals surface area (Å²) >= 11 is 5.16. The molecule has 0 fully saturated rings. The van der Waals surface area contributed by atoms with Crippen LogP contribution in [0.25, 0.3) is 0 Å². The number of carbonyl (C=O) groups excluding carboxylic acids is 1. The smallest absolute Gasteiger partial charge is 0.389 e. The molecule has 0 aromatic heterocycles. The van der Waals surface area contributed by atoms with Crippen molar-refractivity contribution in [2.45, 2.75) is 18.3 Å². The molecular formula is C6H12ClO8P. The molecule has 16 heavy (non-hydrogen) atoms. The van der Waals surface area contributed by atoms with Gasteiger partial charge in [-0.15, -0.1) is 11.6 Å². The van der Waals surface area contributed by atoms with E-state index in [0.29, 0.717) is 0 Å². The lowest BCUT2D eigenvalue weighted by molar-refractivity contribution is -0.140. The predicted molar refractivity (Wildman–Crippen MR) is 51.7 cm³/mol. The van der Waals surface area contributed by atoms with Gasteiger partial charge in [0.1, 0.15) is 18.8 Å². The lowest BCUT2D eigenvalue weighted by atomic mass is 10.1. The van der Waals surface area contributed by atoms with E-state index >= 15 is 0 Å². The van der Waals surface area contributed by atoms with Crippen molar-refractivity contribution in [1.82, 2.24) is 0 Å². The zero-order valence-corrected chi connectivity index (χ0v) is 9.58. The minimum absolute atomic E-state index is 0.412. The molecule has 0 saturated heterocycles. The Hall–Kier alpha value is -0.0500. The average molecular weight is 279 g/mol. The van der Waals surface area contributed by atoms with E-state index in [0.717, 1.165) is 0 Å². The second-order valence-corrected chi connectivity index (χ2v) is 4.44. The highest BCUT2D eigenvalue weighted by molar-refractivity contribution is 7.46. The van der Waals surface area contributed by atoms with Gasteiger partial charge < -0.3 is 25.1 Å².